The van der Waals surface area contributed by atoms with Gasteiger partial charge in [0.15, 0.2) is 0 Å². The van der Waals surface area contributed by atoms with Crippen LogP contribution in [-0.4, -0.2) is 38.3 Å². The zero-order chi connectivity index (χ0) is 27.2. The minimum absolute atomic E-state index is 0.0176. The maximum Gasteiger partial charge on any atom is 0.404 e. The Balaban J connectivity index is 1.73. The summed E-state index contributed by atoms with van der Waals surface area (Å²) < 4.78 is 29.3. The van der Waals surface area contributed by atoms with Crippen molar-refractivity contribution in [3.8, 4) is 0 Å². The predicted octanol–water partition coefficient (Wildman–Crippen LogP) is 1.86. The first-order valence-corrected chi connectivity index (χ1v) is 11.2. The van der Waals surface area contributed by atoms with Crippen LogP contribution in [0.4, 0.5) is 13.6 Å². The molecule has 0 atom stereocenters. The first-order chi connectivity index (χ1) is 17.5. The molecule has 0 saturated heterocycles. The van der Waals surface area contributed by atoms with Crippen molar-refractivity contribution in [3.05, 3.63) is 96.5 Å². The molecule has 0 bridgehead atoms. The van der Waals surface area contributed by atoms with Crippen molar-refractivity contribution < 1.29 is 23.5 Å². The van der Waals surface area contributed by atoms with Crippen LogP contribution in [0.5, 0.6) is 0 Å². The maximum atomic E-state index is 14.5. The van der Waals surface area contributed by atoms with Gasteiger partial charge < -0.3 is 26.1 Å². The van der Waals surface area contributed by atoms with Crippen LogP contribution in [0.25, 0.3) is 0 Å². The number of hydrogen-bond donors (Lipinski definition) is 5. The lowest BCUT2D eigenvalue weighted by atomic mass is 10.1. The number of carbonyl (C=O) groups excluding carboxylic acids is 1. The Kier molecular flexibility index (Phi) is 8.60. The molecule has 3 aromatic rings. The average molecular weight is 537 g/mol. The minimum atomic E-state index is -3.49. The number of rotatable bonds is 10. The quantitative estimate of drug-likeness (QED) is 0.264. The largest absolute Gasteiger partial charge is 0.465 e. The summed E-state index contributed by atoms with van der Waals surface area (Å²) in [6.45, 7) is 0.270. The van der Waals surface area contributed by atoms with E-state index < -0.39 is 47.8 Å². The van der Waals surface area contributed by atoms with E-state index >= 15 is 0 Å². The number of amides is 2. The molecule has 37 heavy (non-hydrogen) atoms. The van der Waals surface area contributed by atoms with E-state index in [-0.39, 0.29) is 24.3 Å². The number of aromatic nitrogens is 3. The molecule has 0 spiro atoms. The zero-order valence-electron chi connectivity index (χ0n) is 19.5. The van der Waals surface area contributed by atoms with Crippen LogP contribution < -0.4 is 27.3 Å². The first-order valence-electron chi connectivity index (χ1n) is 10.9. The monoisotopic (exact) mass is 536 g/mol. The van der Waals surface area contributed by atoms with E-state index in [0.717, 1.165) is 6.07 Å². The third kappa shape index (κ3) is 7.13. The van der Waals surface area contributed by atoms with Gasteiger partial charge in [0, 0.05) is 35.6 Å². The molecule has 2 amide bonds. The van der Waals surface area contributed by atoms with Gasteiger partial charge in [-0.2, -0.15) is 13.5 Å². The van der Waals surface area contributed by atoms with Crippen molar-refractivity contribution in [2.24, 2.45) is 0 Å². The third-order valence-electron chi connectivity index (χ3n) is 5.32. The molecule has 0 unspecified atom stereocenters. The molecule has 14 heteroatoms. The Bertz CT molecular complexity index is 1410. The summed E-state index contributed by atoms with van der Waals surface area (Å²) in [6, 6.07) is 8.71. The number of benzene rings is 1. The Hall–Kier alpha value is -4.26. The van der Waals surface area contributed by atoms with E-state index in [1.807, 2.05) is 0 Å². The Morgan fingerprint density at radius 3 is 2.54 bits per heavy atom. The van der Waals surface area contributed by atoms with Crippen LogP contribution in [0.3, 0.4) is 0 Å². The van der Waals surface area contributed by atoms with E-state index in [2.05, 4.69) is 26.0 Å². The van der Waals surface area contributed by atoms with E-state index in [1.54, 1.807) is 18.2 Å². The van der Waals surface area contributed by atoms with E-state index in [0.29, 0.717) is 20.8 Å². The van der Waals surface area contributed by atoms with Gasteiger partial charge in [-0.05, 0) is 42.3 Å². The normalized spacial score (nSPS) is 11.1. The molecule has 3 rings (SSSR count). The summed E-state index contributed by atoms with van der Waals surface area (Å²) in [5.41, 5.74) is 0.771. The van der Waals surface area contributed by atoms with Gasteiger partial charge in [0.25, 0.3) is 5.56 Å². The third-order valence-corrected chi connectivity index (χ3v) is 5.56. The average Bonchev–Trinajstić information content (AvgIpc) is 2.85. The van der Waals surface area contributed by atoms with Gasteiger partial charge in [0.05, 0.1) is 6.42 Å². The molecule has 0 aliphatic carbocycles. The van der Waals surface area contributed by atoms with Gasteiger partial charge in [-0.1, -0.05) is 23.7 Å². The predicted molar refractivity (Wildman–Crippen MR) is 130 cm³/mol. The number of nitrogens with one attached hydrogen (secondary N) is 4. The van der Waals surface area contributed by atoms with Gasteiger partial charge in [-0.25, -0.2) is 9.59 Å². The number of pyridine rings is 1. The summed E-state index contributed by atoms with van der Waals surface area (Å²) in [4.78, 5) is 54.5. The highest BCUT2D eigenvalue weighted by Gasteiger charge is 2.33. The second-order valence-corrected chi connectivity index (χ2v) is 8.39. The smallest absolute Gasteiger partial charge is 0.404 e. The van der Waals surface area contributed by atoms with Crippen molar-refractivity contribution in [1.29, 1.82) is 0 Å². The molecule has 2 heterocycles. The minimum Gasteiger partial charge on any atom is -0.465 e. The number of hydrogen-bond acceptors (Lipinski definition) is 6. The van der Waals surface area contributed by atoms with Crippen LogP contribution in [0.2, 0.25) is 5.02 Å². The molecule has 196 valence electrons. The Morgan fingerprint density at radius 2 is 1.86 bits per heavy atom. The van der Waals surface area contributed by atoms with Crippen LogP contribution >= 0.6 is 11.6 Å². The molecular formula is C23H23ClF2N6O5. The topological polar surface area (TPSA) is 158 Å². The summed E-state index contributed by atoms with van der Waals surface area (Å²) in [7, 11) is 0. The second kappa shape index (κ2) is 11.6. The van der Waals surface area contributed by atoms with Crippen LogP contribution in [-0.2, 0) is 30.2 Å². The highest BCUT2D eigenvalue weighted by molar-refractivity contribution is 6.30. The number of H-pyrrole nitrogens is 1. The second-order valence-electron chi connectivity index (χ2n) is 7.95. The standard InChI is InChI=1S/C23H23ClF2N6O5/c1-13-17(9-19(33)28-11-15-8-16(24)6-5-14(15)10-29-22(36)37)20(34)32(21(35)31-13)30-12-23(25,26)18-4-2-3-7-27-18/h2-8,29-30H,9-12H2,1H3,(H,28,33)(H,31,35)(H,36,37). The molecule has 0 fully saturated rings. The summed E-state index contributed by atoms with van der Waals surface area (Å²) in [5.74, 6) is -4.09. The highest BCUT2D eigenvalue weighted by atomic mass is 35.5. The lowest BCUT2D eigenvalue weighted by Crippen LogP contribution is -2.47. The zero-order valence-corrected chi connectivity index (χ0v) is 20.2. The fraction of sp³-hybridized carbons (Fsp3) is 0.261. The maximum absolute atomic E-state index is 14.5. The number of nitrogens with zero attached hydrogens (tertiary/aromatic N) is 2. The van der Waals surface area contributed by atoms with Crippen LogP contribution in [0.15, 0.2) is 52.2 Å². The molecule has 0 radical (unpaired) electrons. The molecule has 0 aliphatic rings. The van der Waals surface area contributed by atoms with Crippen LogP contribution in [0.1, 0.15) is 28.1 Å². The lowest BCUT2D eigenvalue weighted by molar-refractivity contribution is -0.120. The molecule has 5 N–H and O–H groups in total. The molecule has 0 aliphatic heterocycles. The van der Waals surface area contributed by atoms with Gasteiger partial charge in [0.1, 0.15) is 12.2 Å². The molecule has 11 nitrogen and oxygen atoms in total. The van der Waals surface area contributed by atoms with Gasteiger partial charge in [-0.3, -0.25) is 14.6 Å². The van der Waals surface area contributed by atoms with Crippen molar-refractivity contribution in [2.75, 3.05) is 12.0 Å². The molecular weight excluding hydrogens is 514 g/mol. The van der Waals surface area contributed by atoms with Crippen LogP contribution in [0, 0.1) is 6.92 Å². The van der Waals surface area contributed by atoms with Crippen molar-refractivity contribution >= 4 is 23.6 Å². The fourth-order valence-electron chi connectivity index (χ4n) is 3.40. The summed E-state index contributed by atoms with van der Waals surface area (Å²) >= 11 is 6.01. The summed E-state index contributed by atoms with van der Waals surface area (Å²) in [6.07, 6.45) is -0.482. The first kappa shape index (κ1) is 27.3. The van der Waals surface area contributed by atoms with Gasteiger partial charge in [-0.15, -0.1) is 0 Å². The van der Waals surface area contributed by atoms with Crippen molar-refractivity contribution in [1.82, 2.24) is 25.3 Å². The molecule has 1 aromatic carbocycles. The van der Waals surface area contributed by atoms with Crippen molar-refractivity contribution in [3.63, 3.8) is 0 Å². The number of halogens is 3. The van der Waals surface area contributed by atoms with Crippen molar-refractivity contribution in [2.45, 2.75) is 32.4 Å². The lowest BCUT2D eigenvalue weighted by Gasteiger charge is -2.18. The summed E-state index contributed by atoms with van der Waals surface area (Å²) in [5, 5.41) is 14.0. The van der Waals surface area contributed by atoms with E-state index in [1.165, 1.54) is 25.3 Å². The van der Waals surface area contributed by atoms with E-state index in [9.17, 15) is 28.0 Å². The Labute approximate surface area is 213 Å². The van der Waals surface area contributed by atoms with Gasteiger partial charge >= 0.3 is 17.7 Å². The molecule has 0 saturated carbocycles. The number of aryl methyl sites for hydroxylation is 1. The SMILES string of the molecule is Cc1[nH]c(=O)n(NCC(F)(F)c2ccccn2)c(=O)c1CC(=O)NCc1cc(Cl)ccc1CNC(=O)O. The van der Waals surface area contributed by atoms with E-state index in [4.69, 9.17) is 16.7 Å². The van der Waals surface area contributed by atoms with Gasteiger partial charge in [0.2, 0.25) is 5.91 Å². The Morgan fingerprint density at radius 1 is 1.14 bits per heavy atom. The number of alkyl halides is 2. The fourth-order valence-corrected chi connectivity index (χ4v) is 3.59. The highest BCUT2D eigenvalue weighted by Crippen LogP contribution is 2.24. The number of carbonyl (C=O) groups is 2. The number of carboxylic acid groups (broad SMARTS) is 1. The molecule has 2 aromatic heterocycles. The number of aromatic amines is 1.